The Bertz CT molecular complexity index is 750. The molecule has 4 nitrogen and oxygen atoms in total. The van der Waals surface area contributed by atoms with E-state index in [0.717, 1.165) is 30.8 Å². The van der Waals surface area contributed by atoms with Crippen molar-refractivity contribution in [2.45, 2.75) is 25.4 Å². The predicted molar refractivity (Wildman–Crippen MR) is 109 cm³/mol. The quantitative estimate of drug-likeness (QED) is 0.678. The van der Waals surface area contributed by atoms with Gasteiger partial charge in [-0.2, -0.15) is 0 Å². The first-order valence-corrected chi connectivity index (χ1v) is 9.87. The van der Waals surface area contributed by atoms with Crippen LogP contribution in [0.3, 0.4) is 0 Å². The van der Waals surface area contributed by atoms with Crippen LogP contribution in [-0.4, -0.2) is 48.5 Å². The number of carbonyl (C=O) groups is 1. The summed E-state index contributed by atoms with van der Waals surface area (Å²) < 4.78 is 5.70. The van der Waals surface area contributed by atoms with Gasteiger partial charge in [-0.3, -0.25) is 9.69 Å². The highest BCUT2D eigenvalue weighted by Gasteiger charge is 2.28. The lowest BCUT2D eigenvalue weighted by atomic mass is 10.0. The molecular weight excluding hydrogens is 383 g/mol. The minimum absolute atomic E-state index is 0.180. The summed E-state index contributed by atoms with van der Waals surface area (Å²) in [4.78, 5) is 16.6. The Morgan fingerprint density at radius 2 is 1.85 bits per heavy atom. The monoisotopic (exact) mass is 406 g/mol. The Labute approximate surface area is 170 Å². The van der Waals surface area contributed by atoms with Crippen molar-refractivity contribution in [1.82, 2.24) is 9.80 Å². The maximum Gasteiger partial charge on any atom is 0.224 e. The molecule has 0 saturated carbocycles. The molecule has 0 radical (unpaired) electrons. The van der Waals surface area contributed by atoms with E-state index in [1.165, 1.54) is 0 Å². The van der Waals surface area contributed by atoms with Crippen molar-refractivity contribution >= 4 is 29.1 Å². The first-order chi connectivity index (χ1) is 13.0. The molecule has 6 heteroatoms. The van der Waals surface area contributed by atoms with E-state index in [-0.39, 0.29) is 11.9 Å². The van der Waals surface area contributed by atoms with Gasteiger partial charge in [-0.25, -0.2) is 0 Å². The minimum Gasteiger partial charge on any atom is -0.492 e. The van der Waals surface area contributed by atoms with Crippen molar-refractivity contribution in [2.24, 2.45) is 0 Å². The number of para-hydroxylation sites is 1. The fourth-order valence-electron chi connectivity index (χ4n) is 3.38. The first-order valence-electron chi connectivity index (χ1n) is 9.12. The van der Waals surface area contributed by atoms with Gasteiger partial charge in [0.15, 0.2) is 0 Å². The number of amides is 1. The molecule has 0 aromatic heterocycles. The second-order valence-corrected chi connectivity index (χ2v) is 7.75. The average molecular weight is 407 g/mol. The van der Waals surface area contributed by atoms with Gasteiger partial charge < -0.3 is 9.64 Å². The molecule has 0 N–H and O–H groups in total. The Balaban J connectivity index is 1.46. The van der Waals surface area contributed by atoms with E-state index in [2.05, 4.69) is 4.90 Å². The molecule has 1 fully saturated rings. The van der Waals surface area contributed by atoms with E-state index in [0.29, 0.717) is 29.6 Å². The van der Waals surface area contributed by atoms with E-state index >= 15 is 0 Å². The third-order valence-electron chi connectivity index (χ3n) is 4.85. The first kappa shape index (κ1) is 20.0. The minimum atomic E-state index is 0.180. The SMILES string of the molecule is CN(Cc1cc(Cl)cc(Cl)c1)C1CCN(CCOc2ccccc2)C(=O)C1. The van der Waals surface area contributed by atoms with Crippen LogP contribution < -0.4 is 4.74 Å². The maximum absolute atomic E-state index is 12.5. The summed E-state index contributed by atoms with van der Waals surface area (Å²) >= 11 is 12.2. The summed E-state index contributed by atoms with van der Waals surface area (Å²) in [5.41, 5.74) is 1.06. The van der Waals surface area contributed by atoms with Gasteiger partial charge in [0.05, 0.1) is 6.54 Å². The van der Waals surface area contributed by atoms with Crippen LogP contribution in [-0.2, 0) is 11.3 Å². The van der Waals surface area contributed by atoms with E-state index in [9.17, 15) is 4.79 Å². The van der Waals surface area contributed by atoms with Crippen LogP contribution in [0, 0.1) is 0 Å². The third kappa shape index (κ3) is 5.86. The predicted octanol–water partition coefficient (Wildman–Crippen LogP) is 4.50. The lowest BCUT2D eigenvalue weighted by molar-refractivity contribution is -0.136. The number of carbonyl (C=O) groups excluding carboxylic acids is 1. The number of halogens is 2. The summed E-state index contributed by atoms with van der Waals surface area (Å²) in [6, 6.07) is 15.5. The van der Waals surface area contributed by atoms with Gasteiger partial charge in [-0.05, 0) is 49.4 Å². The van der Waals surface area contributed by atoms with Crippen LogP contribution in [0.2, 0.25) is 10.0 Å². The molecule has 2 aromatic rings. The summed E-state index contributed by atoms with van der Waals surface area (Å²) in [6.07, 6.45) is 1.47. The number of benzene rings is 2. The van der Waals surface area contributed by atoms with E-state index in [1.54, 1.807) is 6.07 Å². The second-order valence-electron chi connectivity index (χ2n) is 6.88. The van der Waals surface area contributed by atoms with Gasteiger partial charge in [0.1, 0.15) is 12.4 Å². The highest BCUT2D eigenvalue weighted by molar-refractivity contribution is 6.34. The molecule has 1 amide bonds. The number of hydrogen-bond acceptors (Lipinski definition) is 3. The number of rotatable bonds is 7. The van der Waals surface area contributed by atoms with E-state index in [4.69, 9.17) is 27.9 Å². The number of ether oxygens (including phenoxy) is 1. The van der Waals surface area contributed by atoms with Crippen LogP contribution >= 0.6 is 23.2 Å². The Kier molecular flexibility index (Phi) is 7.00. The molecule has 0 spiro atoms. The van der Waals surface area contributed by atoms with Gasteiger partial charge in [-0.15, -0.1) is 0 Å². The largest absolute Gasteiger partial charge is 0.492 e. The van der Waals surface area contributed by atoms with Crippen molar-refractivity contribution < 1.29 is 9.53 Å². The van der Waals surface area contributed by atoms with Gasteiger partial charge in [0.2, 0.25) is 5.91 Å². The van der Waals surface area contributed by atoms with E-state index in [1.807, 2.05) is 54.4 Å². The maximum atomic E-state index is 12.5. The van der Waals surface area contributed by atoms with Gasteiger partial charge in [0.25, 0.3) is 0 Å². The molecule has 27 heavy (non-hydrogen) atoms. The van der Waals surface area contributed by atoms with Crippen LogP contribution in [0.4, 0.5) is 0 Å². The Morgan fingerprint density at radius 3 is 2.52 bits per heavy atom. The molecule has 1 aliphatic rings. The lowest BCUT2D eigenvalue weighted by Crippen LogP contribution is -2.47. The zero-order chi connectivity index (χ0) is 19.2. The topological polar surface area (TPSA) is 32.8 Å². The summed E-state index contributed by atoms with van der Waals surface area (Å²) in [6.45, 7) is 2.60. The number of hydrogen-bond donors (Lipinski definition) is 0. The highest BCUT2D eigenvalue weighted by Crippen LogP contribution is 2.23. The molecule has 1 saturated heterocycles. The van der Waals surface area contributed by atoms with Crippen molar-refractivity contribution in [3.63, 3.8) is 0 Å². The standard InChI is InChI=1S/C21H24Cl2N2O2/c1-24(15-16-11-17(22)13-18(23)12-16)19-7-8-25(21(26)14-19)9-10-27-20-5-3-2-4-6-20/h2-6,11-13,19H,7-10,14-15H2,1H3. The van der Waals surface area contributed by atoms with Crippen LogP contribution in [0.15, 0.2) is 48.5 Å². The highest BCUT2D eigenvalue weighted by atomic mass is 35.5. The van der Waals surface area contributed by atoms with Crippen molar-refractivity contribution in [3.8, 4) is 5.75 Å². The number of nitrogens with zero attached hydrogens (tertiary/aromatic N) is 2. The molecule has 3 rings (SSSR count). The molecule has 144 valence electrons. The summed E-state index contributed by atoms with van der Waals surface area (Å²) in [5, 5.41) is 1.27. The number of likely N-dealkylation sites (tertiary alicyclic amines) is 1. The Hall–Kier alpha value is -1.75. The van der Waals surface area contributed by atoms with Gasteiger partial charge in [-0.1, -0.05) is 41.4 Å². The zero-order valence-electron chi connectivity index (χ0n) is 15.4. The van der Waals surface area contributed by atoms with Crippen LogP contribution in [0.25, 0.3) is 0 Å². The molecule has 1 aliphatic heterocycles. The lowest BCUT2D eigenvalue weighted by Gasteiger charge is -2.36. The van der Waals surface area contributed by atoms with Crippen LogP contribution in [0.1, 0.15) is 18.4 Å². The van der Waals surface area contributed by atoms with Crippen molar-refractivity contribution in [1.29, 1.82) is 0 Å². The Morgan fingerprint density at radius 1 is 1.15 bits per heavy atom. The molecule has 1 heterocycles. The molecule has 1 atom stereocenters. The van der Waals surface area contributed by atoms with Crippen molar-refractivity contribution in [3.05, 3.63) is 64.1 Å². The average Bonchev–Trinajstić information content (AvgIpc) is 2.63. The fourth-order valence-corrected chi connectivity index (χ4v) is 3.96. The molecular formula is C21H24Cl2N2O2. The van der Waals surface area contributed by atoms with E-state index < -0.39 is 0 Å². The molecule has 2 aromatic carbocycles. The molecule has 0 bridgehead atoms. The fraction of sp³-hybridized carbons (Fsp3) is 0.381. The summed E-state index contributed by atoms with van der Waals surface area (Å²) in [5.74, 6) is 1.01. The third-order valence-corrected chi connectivity index (χ3v) is 5.28. The van der Waals surface area contributed by atoms with Crippen molar-refractivity contribution in [2.75, 3.05) is 26.7 Å². The molecule has 0 aliphatic carbocycles. The van der Waals surface area contributed by atoms with Gasteiger partial charge >= 0.3 is 0 Å². The smallest absolute Gasteiger partial charge is 0.224 e. The second kappa shape index (κ2) is 9.45. The summed E-state index contributed by atoms with van der Waals surface area (Å²) in [7, 11) is 2.04. The van der Waals surface area contributed by atoms with Gasteiger partial charge in [0, 0.05) is 35.6 Å². The molecule has 1 unspecified atom stereocenters. The number of piperidine rings is 1. The zero-order valence-corrected chi connectivity index (χ0v) is 16.9. The van der Waals surface area contributed by atoms with Crippen LogP contribution in [0.5, 0.6) is 5.75 Å². The normalized spacial score (nSPS) is 17.4.